The van der Waals surface area contributed by atoms with Gasteiger partial charge < -0.3 is 23.9 Å². The van der Waals surface area contributed by atoms with Crippen molar-refractivity contribution < 1.29 is 18.7 Å². The summed E-state index contributed by atoms with van der Waals surface area (Å²) in [7, 11) is 0. The van der Waals surface area contributed by atoms with E-state index in [0.29, 0.717) is 44.2 Å². The van der Waals surface area contributed by atoms with Gasteiger partial charge in [0.05, 0.1) is 18.5 Å². The molecule has 1 aliphatic carbocycles. The highest BCUT2D eigenvalue weighted by Gasteiger charge is 2.48. The molecule has 2 amide bonds. The summed E-state index contributed by atoms with van der Waals surface area (Å²) in [4.78, 5) is 28.9. The van der Waals surface area contributed by atoms with E-state index in [0.717, 1.165) is 31.4 Å². The third-order valence-corrected chi connectivity index (χ3v) is 6.58. The van der Waals surface area contributed by atoms with Crippen molar-refractivity contribution in [3.63, 3.8) is 0 Å². The highest BCUT2D eigenvalue weighted by Crippen LogP contribution is 2.33. The predicted octanol–water partition coefficient (Wildman–Crippen LogP) is 3.84. The van der Waals surface area contributed by atoms with Crippen molar-refractivity contribution in [2.45, 2.75) is 70.5 Å². The van der Waals surface area contributed by atoms with E-state index in [-0.39, 0.29) is 17.9 Å². The SMILES string of the molecule is CCOCCCN1C(=O)c2ccc(-c3ccco3)n2C[C@]1(C)C(=O)NC1CCCCC1. The molecule has 0 saturated heterocycles. The molecular formula is C24H33N3O4. The van der Waals surface area contributed by atoms with Gasteiger partial charge in [0.25, 0.3) is 5.91 Å². The molecule has 0 aromatic carbocycles. The number of furan rings is 1. The molecule has 1 N–H and O–H groups in total. The molecule has 0 unspecified atom stereocenters. The highest BCUT2D eigenvalue weighted by atomic mass is 16.5. The summed E-state index contributed by atoms with van der Waals surface area (Å²) >= 11 is 0. The lowest BCUT2D eigenvalue weighted by Crippen LogP contribution is -2.65. The molecule has 2 aromatic heterocycles. The van der Waals surface area contributed by atoms with Gasteiger partial charge in [-0.05, 0) is 57.4 Å². The number of carbonyl (C=O) groups is 2. The largest absolute Gasteiger partial charge is 0.463 e. The Bertz CT molecular complexity index is 898. The van der Waals surface area contributed by atoms with Gasteiger partial charge in [-0.25, -0.2) is 0 Å². The Morgan fingerprint density at radius 3 is 2.71 bits per heavy atom. The van der Waals surface area contributed by atoms with E-state index < -0.39 is 5.54 Å². The van der Waals surface area contributed by atoms with Crippen LogP contribution < -0.4 is 5.32 Å². The normalized spacial score (nSPS) is 21.9. The summed E-state index contributed by atoms with van der Waals surface area (Å²) in [5, 5.41) is 3.26. The second kappa shape index (κ2) is 9.30. The van der Waals surface area contributed by atoms with Crippen LogP contribution in [0, 0.1) is 0 Å². The molecule has 0 radical (unpaired) electrons. The number of nitrogens with one attached hydrogen (secondary N) is 1. The number of amides is 2. The summed E-state index contributed by atoms with van der Waals surface area (Å²) in [6.45, 7) is 5.93. The van der Waals surface area contributed by atoms with Crippen LogP contribution in [-0.4, -0.2) is 52.6 Å². The number of nitrogens with zero attached hydrogens (tertiary/aromatic N) is 2. The fourth-order valence-corrected chi connectivity index (χ4v) is 4.82. The van der Waals surface area contributed by atoms with Crippen LogP contribution in [0.15, 0.2) is 34.9 Å². The molecular weight excluding hydrogens is 394 g/mol. The molecule has 168 valence electrons. The molecule has 0 bridgehead atoms. The number of rotatable bonds is 8. The monoisotopic (exact) mass is 427 g/mol. The van der Waals surface area contributed by atoms with Crippen LogP contribution in [0.4, 0.5) is 0 Å². The molecule has 4 rings (SSSR count). The first-order valence-corrected chi connectivity index (χ1v) is 11.5. The number of ether oxygens (including phenoxy) is 1. The van der Waals surface area contributed by atoms with Crippen molar-refractivity contribution in [3.05, 3.63) is 36.2 Å². The number of hydrogen-bond acceptors (Lipinski definition) is 4. The quantitative estimate of drug-likeness (QED) is 0.650. The van der Waals surface area contributed by atoms with Gasteiger partial charge in [0.1, 0.15) is 17.0 Å². The Balaban J connectivity index is 1.63. The summed E-state index contributed by atoms with van der Waals surface area (Å²) in [6, 6.07) is 7.62. The fraction of sp³-hybridized carbons (Fsp3) is 0.583. The van der Waals surface area contributed by atoms with Gasteiger partial charge >= 0.3 is 0 Å². The van der Waals surface area contributed by atoms with Gasteiger partial charge in [0, 0.05) is 25.8 Å². The standard InChI is InChI=1S/C24H33N3O4/c1-3-30-15-8-14-27-22(28)20-13-12-19(21-11-7-16-31-21)26(20)17-24(27,2)23(29)25-18-9-5-4-6-10-18/h7,11-13,16,18H,3-6,8-10,14-15,17H2,1-2H3,(H,25,29)/t24-/m1/s1. The minimum atomic E-state index is -0.978. The van der Waals surface area contributed by atoms with Crippen molar-refractivity contribution in [3.8, 4) is 11.5 Å². The molecule has 1 aliphatic heterocycles. The predicted molar refractivity (Wildman–Crippen MR) is 118 cm³/mol. The van der Waals surface area contributed by atoms with Gasteiger partial charge in [-0.15, -0.1) is 0 Å². The average molecular weight is 428 g/mol. The first-order chi connectivity index (χ1) is 15.0. The van der Waals surface area contributed by atoms with Crippen LogP contribution in [0.25, 0.3) is 11.5 Å². The van der Waals surface area contributed by atoms with Crippen molar-refractivity contribution in [1.29, 1.82) is 0 Å². The molecule has 1 fully saturated rings. The van der Waals surface area contributed by atoms with Crippen LogP contribution in [0.5, 0.6) is 0 Å². The van der Waals surface area contributed by atoms with Crippen LogP contribution >= 0.6 is 0 Å². The Labute approximate surface area is 183 Å². The van der Waals surface area contributed by atoms with E-state index >= 15 is 0 Å². The zero-order valence-electron chi connectivity index (χ0n) is 18.6. The van der Waals surface area contributed by atoms with Crippen molar-refractivity contribution >= 4 is 11.8 Å². The molecule has 31 heavy (non-hydrogen) atoms. The Hall–Kier alpha value is -2.54. The van der Waals surface area contributed by atoms with Gasteiger partial charge in [-0.2, -0.15) is 0 Å². The molecule has 1 saturated carbocycles. The summed E-state index contributed by atoms with van der Waals surface area (Å²) < 4.78 is 13.0. The maximum atomic E-state index is 13.6. The van der Waals surface area contributed by atoms with Gasteiger partial charge in [0.15, 0.2) is 0 Å². The van der Waals surface area contributed by atoms with E-state index in [4.69, 9.17) is 9.15 Å². The maximum absolute atomic E-state index is 13.6. The molecule has 0 spiro atoms. The lowest BCUT2D eigenvalue weighted by molar-refractivity contribution is -0.134. The molecule has 1 atom stereocenters. The molecule has 7 heteroatoms. The Morgan fingerprint density at radius 2 is 2.00 bits per heavy atom. The zero-order chi connectivity index (χ0) is 21.8. The van der Waals surface area contributed by atoms with E-state index in [1.54, 1.807) is 11.2 Å². The number of fused-ring (bicyclic) bond motifs is 1. The lowest BCUT2D eigenvalue weighted by Gasteiger charge is -2.45. The van der Waals surface area contributed by atoms with E-state index in [1.807, 2.05) is 42.7 Å². The molecule has 3 heterocycles. The van der Waals surface area contributed by atoms with E-state index in [2.05, 4.69) is 5.32 Å². The van der Waals surface area contributed by atoms with Crippen LogP contribution in [-0.2, 0) is 16.1 Å². The van der Waals surface area contributed by atoms with Crippen LogP contribution in [0.1, 0.15) is 62.9 Å². The van der Waals surface area contributed by atoms with Gasteiger partial charge in [-0.1, -0.05) is 19.3 Å². The Kier molecular flexibility index (Phi) is 6.51. The van der Waals surface area contributed by atoms with E-state index in [1.165, 1.54) is 6.42 Å². The van der Waals surface area contributed by atoms with Gasteiger partial charge in [-0.3, -0.25) is 9.59 Å². The average Bonchev–Trinajstić information content (AvgIpc) is 3.43. The van der Waals surface area contributed by atoms with Crippen molar-refractivity contribution in [2.75, 3.05) is 19.8 Å². The number of aromatic nitrogens is 1. The lowest BCUT2D eigenvalue weighted by atomic mass is 9.91. The summed E-state index contributed by atoms with van der Waals surface area (Å²) in [6.07, 6.45) is 7.84. The zero-order valence-corrected chi connectivity index (χ0v) is 18.6. The second-order valence-electron chi connectivity index (χ2n) is 8.76. The van der Waals surface area contributed by atoms with E-state index in [9.17, 15) is 9.59 Å². The first kappa shape index (κ1) is 21.7. The Morgan fingerprint density at radius 1 is 1.23 bits per heavy atom. The minimum Gasteiger partial charge on any atom is -0.463 e. The number of carbonyl (C=O) groups excluding carboxylic acids is 2. The van der Waals surface area contributed by atoms with Crippen molar-refractivity contribution in [2.24, 2.45) is 0 Å². The minimum absolute atomic E-state index is 0.0751. The van der Waals surface area contributed by atoms with Gasteiger partial charge in [0.2, 0.25) is 5.91 Å². The number of hydrogen-bond donors (Lipinski definition) is 1. The third kappa shape index (κ3) is 4.28. The summed E-state index contributed by atoms with van der Waals surface area (Å²) in [5.74, 6) is 0.495. The molecule has 7 nitrogen and oxygen atoms in total. The highest BCUT2D eigenvalue weighted by molar-refractivity contribution is 6.00. The second-order valence-corrected chi connectivity index (χ2v) is 8.76. The fourth-order valence-electron chi connectivity index (χ4n) is 4.82. The topological polar surface area (TPSA) is 76.7 Å². The maximum Gasteiger partial charge on any atom is 0.271 e. The van der Waals surface area contributed by atoms with Crippen LogP contribution in [0.2, 0.25) is 0 Å². The molecule has 2 aliphatic rings. The van der Waals surface area contributed by atoms with Crippen LogP contribution in [0.3, 0.4) is 0 Å². The third-order valence-electron chi connectivity index (χ3n) is 6.58. The smallest absolute Gasteiger partial charge is 0.271 e. The summed E-state index contributed by atoms with van der Waals surface area (Å²) in [5.41, 5.74) is 0.429. The first-order valence-electron chi connectivity index (χ1n) is 11.5. The van der Waals surface area contributed by atoms with Crippen molar-refractivity contribution in [1.82, 2.24) is 14.8 Å². The molecule has 2 aromatic rings.